The van der Waals surface area contributed by atoms with E-state index in [2.05, 4.69) is 9.61 Å². The number of Topliss-reactive ketones (excluding diaryl/α,β-unsaturated/α-hetero) is 1. The van der Waals surface area contributed by atoms with Crippen molar-refractivity contribution in [1.29, 1.82) is 0 Å². The molecular weight excluding hydrogens is 265 g/mol. The van der Waals surface area contributed by atoms with Gasteiger partial charge in [0.1, 0.15) is 17.6 Å². The summed E-state index contributed by atoms with van der Waals surface area (Å²) in [6.07, 6.45) is 2.10. The highest BCUT2D eigenvalue weighted by molar-refractivity contribution is 6.30. The number of hydrogen-bond acceptors (Lipinski definition) is 3. The molecule has 1 aliphatic carbocycles. The lowest BCUT2D eigenvalue weighted by Gasteiger charge is -2.05. The smallest absolute Gasteiger partial charge is 0.330 e. The van der Waals surface area contributed by atoms with Gasteiger partial charge in [0.25, 0.3) is 0 Å². The zero-order valence-corrected chi connectivity index (χ0v) is 10.4. The topological polar surface area (TPSA) is 55.4 Å². The summed E-state index contributed by atoms with van der Waals surface area (Å²) in [5.74, 6) is 0.435. The first-order chi connectivity index (χ1) is 8.11. The Bertz CT molecular complexity index is 403. The Morgan fingerprint density at radius 2 is 2.00 bits per heavy atom. The monoisotopic (exact) mass is 275 g/mol. The van der Waals surface area contributed by atoms with Crippen LogP contribution in [0, 0.1) is 0 Å². The molecule has 0 unspecified atom stereocenters. The van der Waals surface area contributed by atoms with Gasteiger partial charge >= 0.3 is 6.09 Å². The molecule has 0 radical (unpaired) electrons. The van der Waals surface area contributed by atoms with Gasteiger partial charge in [-0.3, -0.25) is 10.1 Å². The zero-order valence-electron chi connectivity index (χ0n) is 8.91. The van der Waals surface area contributed by atoms with Crippen molar-refractivity contribution in [3.8, 4) is 0 Å². The van der Waals surface area contributed by atoms with Gasteiger partial charge in [0.05, 0.1) is 0 Å². The van der Waals surface area contributed by atoms with E-state index < -0.39 is 6.09 Å². The third-order valence-electron chi connectivity index (χ3n) is 2.05. The normalized spacial score (nSPS) is 12.9. The van der Waals surface area contributed by atoms with E-state index >= 15 is 0 Å². The standard InChI is InChI=1S/C7H5Cl2NO2.C4H6O/c8-5-2-1-3-6(4-5)10-7(11)12-9;5-4-2-1-3-4/h1-4H,(H,10,11);1-3H2. The van der Waals surface area contributed by atoms with Crippen molar-refractivity contribution in [2.75, 3.05) is 5.32 Å². The average Bonchev–Trinajstić information content (AvgIpc) is 2.27. The molecule has 0 atom stereocenters. The van der Waals surface area contributed by atoms with Crippen molar-refractivity contribution in [1.82, 2.24) is 0 Å². The molecule has 2 rings (SSSR count). The van der Waals surface area contributed by atoms with Crippen LogP contribution in [0.3, 0.4) is 0 Å². The number of hydrogen-bond donors (Lipinski definition) is 1. The van der Waals surface area contributed by atoms with Crippen molar-refractivity contribution < 1.29 is 13.9 Å². The van der Waals surface area contributed by atoms with E-state index in [0.717, 1.165) is 19.3 Å². The van der Waals surface area contributed by atoms with Crippen molar-refractivity contribution in [3.05, 3.63) is 29.3 Å². The van der Waals surface area contributed by atoms with E-state index in [4.69, 9.17) is 23.5 Å². The highest BCUT2D eigenvalue weighted by atomic mass is 35.5. The Balaban J connectivity index is 0.000000239. The number of rotatable bonds is 1. The van der Waals surface area contributed by atoms with Gasteiger partial charge in [-0.15, -0.1) is 0 Å². The summed E-state index contributed by atoms with van der Waals surface area (Å²) in [5.41, 5.74) is 0.535. The van der Waals surface area contributed by atoms with Gasteiger partial charge in [-0.2, -0.15) is 0 Å². The van der Waals surface area contributed by atoms with Crippen LogP contribution in [0.2, 0.25) is 5.02 Å². The Hall–Kier alpha value is -1.26. The molecule has 1 aliphatic rings. The van der Waals surface area contributed by atoms with Gasteiger partial charge in [0.2, 0.25) is 0 Å². The summed E-state index contributed by atoms with van der Waals surface area (Å²) in [6.45, 7) is 0. The van der Waals surface area contributed by atoms with Gasteiger partial charge < -0.3 is 4.29 Å². The molecule has 1 fully saturated rings. The van der Waals surface area contributed by atoms with Gasteiger partial charge in [-0.05, 0) is 24.6 Å². The minimum absolute atomic E-state index is 0.435. The maximum absolute atomic E-state index is 10.6. The first-order valence-corrected chi connectivity index (χ1v) is 5.67. The second kappa shape index (κ2) is 7.14. The van der Waals surface area contributed by atoms with Crippen molar-refractivity contribution in [3.63, 3.8) is 0 Å². The predicted molar refractivity (Wildman–Crippen MR) is 66.3 cm³/mol. The zero-order chi connectivity index (χ0) is 12.7. The van der Waals surface area contributed by atoms with E-state index in [1.165, 1.54) is 0 Å². The molecule has 0 aromatic heterocycles. The predicted octanol–water partition coefficient (Wildman–Crippen LogP) is 3.78. The number of anilines is 1. The number of nitrogens with one attached hydrogen (secondary N) is 1. The lowest BCUT2D eigenvalue weighted by atomic mass is 9.99. The summed E-state index contributed by atoms with van der Waals surface area (Å²) in [5, 5.41) is 2.88. The van der Waals surface area contributed by atoms with Crippen LogP contribution in [0.5, 0.6) is 0 Å². The van der Waals surface area contributed by atoms with E-state index in [-0.39, 0.29) is 0 Å². The second-order valence-corrected chi connectivity index (χ2v) is 3.98. The first kappa shape index (κ1) is 13.8. The molecule has 92 valence electrons. The number of carbonyl (C=O) groups is 2. The molecule has 1 amide bonds. The van der Waals surface area contributed by atoms with E-state index in [1.54, 1.807) is 24.3 Å². The summed E-state index contributed by atoms with van der Waals surface area (Å²) in [7, 11) is 0. The molecule has 4 nitrogen and oxygen atoms in total. The van der Waals surface area contributed by atoms with Crippen LogP contribution < -0.4 is 5.32 Å². The van der Waals surface area contributed by atoms with Crippen LogP contribution in [-0.2, 0) is 9.08 Å². The molecule has 0 bridgehead atoms. The van der Waals surface area contributed by atoms with Crippen LogP contribution >= 0.6 is 23.5 Å². The Morgan fingerprint density at radius 3 is 2.41 bits per heavy atom. The number of halogens is 2. The average molecular weight is 276 g/mol. The fraction of sp³-hybridized carbons (Fsp3) is 0.273. The summed E-state index contributed by atoms with van der Waals surface area (Å²) in [6, 6.07) is 6.64. The van der Waals surface area contributed by atoms with Crippen LogP contribution in [0.1, 0.15) is 19.3 Å². The van der Waals surface area contributed by atoms with Crippen molar-refractivity contribution in [2.45, 2.75) is 19.3 Å². The minimum Gasteiger partial charge on any atom is -0.330 e. The molecule has 0 spiro atoms. The van der Waals surface area contributed by atoms with Crippen LogP contribution in [-0.4, -0.2) is 11.9 Å². The fourth-order valence-electron chi connectivity index (χ4n) is 1.02. The van der Waals surface area contributed by atoms with Crippen LogP contribution in [0.25, 0.3) is 0 Å². The SMILES string of the molecule is O=C(Nc1cccc(Cl)c1)OCl.O=C1CCC1. The molecule has 1 N–H and O–H groups in total. The summed E-state index contributed by atoms with van der Waals surface area (Å²) >= 11 is 10.4. The number of amides is 1. The van der Waals surface area contributed by atoms with Gasteiger partial charge in [0.15, 0.2) is 0 Å². The quantitative estimate of drug-likeness (QED) is 0.849. The van der Waals surface area contributed by atoms with E-state index in [1.807, 2.05) is 0 Å². The number of carbonyl (C=O) groups excluding carboxylic acids is 2. The molecule has 0 saturated heterocycles. The third-order valence-corrected chi connectivity index (χ3v) is 2.43. The van der Waals surface area contributed by atoms with Gasteiger partial charge in [-0.1, -0.05) is 17.7 Å². The maximum atomic E-state index is 10.6. The Morgan fingerprint density at radius 1 is 1.35 bits per heavy atom. The van der Waals surface area contributed by atoms with Crippen LogP contribution in [0.15, 0.2) is 24.3 Å². The first-order valence-electron chi connectivity index (χ1n) is 4.98. The molecule has 17 heavy (non-hydrogen) atoms. The second-order valence-electron chi connectivity index (χ2n) is 3.39. The van der Waals surface area contributed by atoms with Crippen molar-refractivity contribution >= 4 is 41.0 Å². The van der Waals surface area contributed by atoms with Crippen molar-refractivity contribution in [2.24, 2.45) is 0 Å². The molecule has 1 aromatic carbocycles. The number of benzene rings is 1. The molecule has 0 heterocycles. The lowest BCUT2D eigenvalue weighted by molar-refractivity contribution is -0.123. The summed E-state index contributed by atoms with van der Waals surface area (Å²) < 4.78 is 3.87. The molecule has 6 heteroatoms. The lowest BCUT2D eigenvalue weighted by Crippen LogP contribution is -2.08. The fourth-order valence-corrected chi connectivity index (χ4v) is 1.25. The van der Waals surface area contributed by atoms with Crippen LogP contribution in [0.4, 0.5) is 10.5 Å². The largest absolute Gasteiger partial charge is 0.429 e. The molecular formula is C11H11Cl2NO3. The van der Waals surface area contributed by atoms with Gasteiger partial charge in [-0.25, -0.2) is 4.79 Å². The van der Waals surface area contributed by atoms with Gasteiger partial charge in [0, 0.05) is 23.6 Å². The van der Waals surface area contributed by atoms with E-state index in [0.29, 0.717) is 16.5 Å². The van der Waals surface area contributed by atoms with E-state index in [9.17, 15) is 9.59 Å². The number of ketones is 1. The minimum atomic E-state index is -0.737. The molecule has 1 saturated carbocycles. The Kier molecular flexibility index (Phi) is 5.80. The summed E-state index contributed by atoms with van der Waals surface area (Å²) in [4.78, 5) is 20.5. The molecule has 1 aromatic rings. The maximum Gasteiger partial charge on any atom is 0.429 e. The highest BCUT2D eigenvalue weighted by Crippen LogP contribution is 2.14. The highest BCUT2D eigenvalue weighted by Gasteiger charge is 2.09. The third kappa shape index (κ3) is 5.56. The Labute approximate surface area is 109 Å². The molecule has 0 aliphatic heterocycles.